The normalized spacial score (nSPS) is 12.1. The van der Waals surface area contributed by atoms with Gasteiger partial charge in [-0.25, -0.2) is 8.42 Å². The van der Waals surface area contributed by atoms with Crippen molar-refractivity contribution < 1.29 is 22.7 Å². The quantitative estimate of drug-likeness (QED) is 0.721. The Morgan fingerprint density at radius 2 is 1.77 bits per heavy atom. The van der Waals surface area contributed by atoms with Gasteiger partial charge in [-0.15, -0.1) is 0 Å². The summed E-state index contributed by atoms with van der Waals surface area (Å²) >= 11 is 0. The Morgan fingerprint density at radius 1 is 1.08 bits per heavy atom. The van der Waals surface area contributed by atoms with Crippen molar-refractivity contribution in [1.82, 2.24) is 5.32 Å². The fourth-order valence-corrected chi connectivity index (χ4v) is 2.92. The number of amides is 1. The SMILES string of the molecule is COC(=O)CC(NC(=O)c1cccc(NS(C)(=O)=O)c1)c1ccccc1. The van der Waals surface area contributed by atoms with Gasteiger partial charge < -0.3 is 10.1 Å². The summed E-state index contributed by atoms with van der Waals surface area (Å²) in [5, 5.41) is 2.79. The predicted octanol–water partition coefficient (Wildman–Crippen LogP) is 2.09. The van der Waals surface area contributed by atoms with E-state index in [2.05, 4.69) is 10.0 Å². The summed E-state index contributed by atoms with van der Waals surface area (Å²) in [4.78, 5) is 24.2. The predicted molar refractivity (Wildman–Crippen MR) is 98.2 cm³/mol. The molecule has 0 fully saturated rings. The third-order valence-corrected chi connectivity index (χ3v) is 4.14. The highest BCUT2D eigenvalue weighted by molar-refractivity contribution is 7.92. The van der Waals surface area contributed by atoms with Crippen molar-refractivity contribution in [2.75, 3.05) is 18.1 Å². The number of esters is 1. The Morgan fingerprint density at radius 3 is 2.38 bits per heavy atom. The fourth-order valence-electron chi connectivity index (χ4n) is 2.37. The zero-order valence-corrected chi connectivity index (χ0v) is 15.2. The van der Waals surface area contributed by atoms with Crippen molar-refractivity contribution >= 4 is 27.6 Å². The molecule has 2 aromatic rings. The van der Waals surface area contributed by atoms with E-state index in [0.717, 1.165) is 11.8 Å². The molecule has 0 bridgehead atoms. The fraction of sp³-hybridized carbons (Fsp3) is 0.222. The molecule has 2 rings (SSSR count). The van der Waals surface area contributed by atoms with Crippen LogP contribution in [0.15, 0.2) is 54.6 Å². The van der Waals surface area contributed by atoms with Gasteiger partial charge in [-0.05, 0) is 23.8 Å². The second-order valence-electron chi connectivity index (χ2n) is 5.67. The molecular formula is C18H20N2O5S. The molecule has 0 spiro atoms. The van der Waals surface area contributed by atoms with Crippen LogP contribution in [0.5, 0.6) is 0 Å². The minimum Gasteiger partial charge on any atom is -0.469 e. The molecule has 0 aliphatic rings. The number of anilines is 1. The van der Waals surface area contributed by atoms with Crippen LogP contribution in [0.2, 0.25) is 0 Å². The van der Waals surface area contributed by atoms with Crippen LogP contribution >= 0.6 is 0 Å². The molecule has 1 atom stereocenters. The van der Waals surface area contributed by atoms with E-state index in [1.165, 1.54) is 13.2 Å². The molecule has 2 N–H and O–H groups in total. The lowest BCUT2D eigenvalue weighted by atomic mass is 10.0. The number of benzene rings is 2. The monoisotopic (exact) mass is 376 g/mol. The zero-order chi connectivity index (χ0) is 19.2. The van der Waals surface area contributed by atoms with Crippen LogP contribution in [-0.2, 0) is 19.6 Å². The highest BCUT2D eigenvalue weighted by Crippen LogP contribution is 2.19. The van der Waals surface area contributed by atoms with Crippen LogP contribution in [-0.4, -0.2) is 33.7 Å². The van der Waals surface area contributed by atoms with Gasteiger partial charge in [0.1, 0.15) is 0 Å². The van der Waals surface area contributed by atoms with Crippen LogP contribution in [0.25, 0.3) is 0 Å². The summed E-state index contributed by atoms with van der Waals surface area (Å²) in [7, 11) is -2.16. The maximum absolute atomic E-state index is 12.6. The lowest BCUT2D eigenvalue weighted by molar-refractivity contribution is -0.141. The van der Waals surface area contributed by atoms with Gasteiger partial charge in [-0.2, -0.15) is 0 Å². The molecular weight excluding hydrogens is 356 g/mol. The summed E-state index contributed by atoms with van der Waals surface area (Å²) in [6.45, 7) is 0. The average Bonchev–Trinajstić information content (AvgIpc) is 2.60. The summed E-state index contributed by atoms with van der Waals surface area (Å²) in [6.07, 6.45) is 1.01. The largest absolute Gasteiger partial charge is 0.469 e. The molecule has 7 nitrogen and oxygen atoms in total. The Kier molecular flexibility index (Phi) is 6.35. The van der Waals surface area contributed by atoms with Crippen LogP contribution in [0.1, 0.15) is 28.4 Å². The van der Waals surface area contributed by atoms with E-state index < -0.39 is 27.9 Å². The van der Waals surface area contributed by atoms with Crippen LogP contribution in [0, 0.1) is 0 Å². The maximum Gasteiger partial charge on any atom is 0.307 e. The minimum atomic E-state index is -3.45. The van der Waals surface area contributed by atoms with Crippen molar-refractivity contribution in [2.45, 2.75) is 12.5 Å². The van der Waals surface area contributed by atoms with Crippen molar-refractivity contribution in [3.63, 3.8) is 0 Å². The lowest BCUT2D eigenvalue weighted by Gasteiger charge is -2.18. The Labute approximate surface area is 152 Å². The van der Waals surface area contributed by atoms with Gasteiger partial charge in [0.05, 0.1) is 25.8 Å². The molecule has 1 amide bonds. The van der Waals surface area contributed by atoms with Gasteiger partial charge in [-0.3, -0.25) is 14.3 Å². The number of hydrogen-bond acceptors (Lipinski definition) is 5. The molecule has 0 saturated carbocycles. The summed E-state index contributed by atoms with van der Waals surface area (Å²) < 4.78 is 29.7. The van der Waals surface area contributed by atoms with Crippen LogP contribution in [0.3, 0.4) is 0 Å². The summed E-state index contributed by atoms with van der Waals surface area (Å²) in [5.74, 6) is -0.883. The maximum atomic E-state index is 12.6. The van der Waals surface area contributed by atoms with E-state index in [-0.39, 0.29) is 17.7 Å². The standard InChI is InChI=1S/C18H20N2O5S/c1-25-17(21)12-16(13-7-4-3-5-8-13)19-18(22)14-9-6-10-15(11-14)20-26(2,23)24/h3-11,16,20H,12H2,1-2H3,(H,19,22). The van der Waals surface area contributed by atoms with Crippen LogP contribution in [0.4, 0.5) is 5.69 Å². The van der Waals surface area contributed by atoms with Gasteiger partial charge in [0.15, 0.2) is 0 Å². The van der Waals surface area contributed by atoms with E-state index >= 15 is 0 Å². The molecule has 1 unspecified atom stereocenters. The van der Waals surface area contributed by atoms with Crippen molar-refractivity contribution in [2.24, 2.45) is 0 Å². The van der Waals surface area contributed by atoms with E-state index in [9.17, 15) is 18.0 Å². The van der Waals surface area contributed by atoms with Crippen molar-refractivity contribution in [1.29, 1.82) is 0 Å². The first-order valence-corrected chi connectivity index (χ1v) is 9.68. The second-order valence-corrected chi connectivity index (χ2v) is 7.42. The number of carbonyl (C=O) groups excluding carboxylic acids is 2. The second kappa shape index (κ2) is 8.48. The summed E-state index contributed by atoms with van der Waals surface area (Å²) in [5.41, 5.74) is 1.31. The summed E-state index contributed by atoms with van der Waals surface area (Å²) in [6, 6.07) is 14.6. The van der Waals surface area contributed by atoms with E-state index in [1.807, 2.05) is 18.2 Å². The first-order valence-electron chi connectivity index (χ1n) is 7.79. The number of rotatable bonds is 7. The topological polar surface area (TPSA) is 102 Å². The number of hydrogen-bond donors (Lipinski definition) is 2. The number of sulfonamides is 1. The molecule has 2 aromatic carbocycles. The van der Waals surface area contributed by atoms with E-state index in [1.54, 1.807) is 30.3 Å². The van der Waals surface area contributed by atoms with Gasteiger partial charge in [0.2, 0.25) is 10.0 Å². The number of nitrogens with one attached hydrogen (secondary N) is 2. The smallest absolute Gasteiger partial charge is 0.307 e. The van der Waals surface area contributed by atoms with Gasteiger partial charge in [0, 0.05) is 11.3 Å². The van der Waals surface area contributed by atoms with E-state index in [0.29, 0.717) is 0 Å². The number of methoxy groups -OCH3 is 1. The van der Waals surface area contributed by atoms with Gasteiger partial charge in [0.25, 0.3) is 5.91 Å². The van der Waals surface area contributed by atoms with E-state index in [4.69, 9.17) is 4.74 Å². The third-order valence-electron chi connectivity index (χ3n) is 3.53. The molecule has 138 valence electrons. The molecule has 0 aliphatic carbocycles. The first-order chi connectivity index (χ1) is 12.3. The molecule has 0 aliphatic heterocycles. The van der Waals surface area contributed by atoms with Crippen molar-refractivity contribution in [3.05, 3.63) is 65.7 Å². The highest BCUT2D eigenvalue weighted by Gasteiger charge is 2.20. The molecule has 0 aromatic heterocycles. The van der Waals surface area contributed by atoms with Gasteiger partial charge >= 0.3 is 5.97 Å². The van der Waals surface area contributed by atoms with Gasteiger partial charge in [-0.1, -0.05) is 36.4 Å². The Hall–Kier alpha value is -2.87. The van der Waals surface area contributed by atoms with Crippen LogP contribution < -0.4 is 10.0 Å². The molecule has 0 radical (unpaired) electrons. The Balaban J connectivity index is 2.21. The lowest BCUT2D eigenvalue weighted by Crippen LogP contribution is -2.30. The Bertz CT molecular complexity index is 881. The molecule has 0 heterocycles. The van der Waals surface area contributed by atoms with Crippen molar-refractivity contribution in [3.8, 4) is 0 Å². The first kappa shape index (κ1) is 19.5. The number of carbonyl (C=O) groups is 2. The minimum absolute atomic E-state index is 0.0203. The third kappa shape index (κ3) is 5.89. The zero-order valence-electron chi connectivity index (χ0n) is 14.4. The molecule has 8 heteroatoms. The highest BCUT2D eigenvalue weighted by atomic mass is 32.2. The molecule has 0 saturated heterocycles. The molecule has 26 heavy (non-hydrogen) atoms. The number of ether oxygens (including phenoxy) is 1. The average molecular weight is 376 g/mol.